The van der Waals surface area contributed by atoms with Crippen molar-refractivity contribution in [3.8, 4) is 28.1 Å². The van der Waals surface area contributed by atoms with Gasteiger partial charge in [-0.2, -0.15) is 0 Å². The normalized spacial score (nSPS) is 11.0. The highest BCUT2D eigenvalue weighted by molar-refractivity contribution is 5.91. The highest BCUT2D eigenvalue weighted by atomic mass is 19.1. The van der Waals surface area contributed by atoms with Crippen molar-refractivity contribution in [3.63, 3.8) is 0 Å². The predicted octanol–water partition coefficient (Wildman–Crippen LogP) is 4.38. The number of hydrogen-bond donors (Lipinski definition) is 2. The van der Waals surface area contributed by atoms with Crippen LogP contribution in [0.25, 0.3) is 32.9 Å². The van der Waals surface area contributed by atoms with Crippen LogP contribution in [0.2, 0.25) is 0 Å². The molecule has 0 fully saturated rings. The van der Waals surface area contributed by atoms with Gasteiger partial charge < -0.3 is 15.7 Å². The van der Waals surface area contributed by atoms with Crippen LogP contribution in [0, 0.1) is 18.2 Å². The van der Waals surface area contributed by atoms with Crippen molar-refractivity contribution < 1.29 is 13.9 Å². The molecule has 0 radical (unpaired) electrons. The van der Waals surface area contributed by atoms with Gasteiger partial charge in [0, 0.05) is 31.5 Å². The minimum Gasteiger partial charge on any atom is -0.505 e. The average molecular weight is 434 g/mol. The lowest BCUT2D eigenvalue weighted by Crippen LogP contribution is -2.24. The molecule has 0 saturated carbocycles. The molecule has 2 aromatic carbocycles. The fourth-order valence-electron chi connectivity index (χ4n) is 3.55. The number of aromatic nitrogens is 3. The van der Waals surface area contributed by atoms with Gasteiger partial charge in [0.25, 0.3) is 0 Å². The highest BCUT2D eigenvalue weighted by Gasteiger charge is 2.21. The Morgan fingerprint density at radius 3 is 2.62 bits per heavy atom. The summed E-state index contributed by atoms with van der Waals surface area (Å²) in [7, 11) is 1.87. The fraction of sp³-hybridized carbons (Fsp3) is 0.174. The summed E-state index contributed by atoms with van der Waals surface area (Å²) in [5, 5.41) is 9.96. The first kappa shape index (κ1) is 21.2. The predicted molar refractivity (Wildman–Crippen MR) is 119 cm³/mol. The van der Waals surface area contributed by atoms with Gasteiger partial charge in [-0.3, -0.25) is 4.40 Å². The Kier molecular flexibility index (Phi) is 5.71. The first-order valence-corrected chi connectivity index (χ1v) is 9.89. The van der Waals surface area contributed by atoms with E-state index in [4.69, 9.17) is 17.3 Å². The number of nitrogens with two attached hydrogens (primary N) is 1. The van der Waals surface area contributed by atoms with Gasteiger partial charge in [-0.1, -0.05) is 18.2 Å². The maximum absolute atomic E-state index is 14.5. The average Bonchev–Trinajstić information content (AvgIpc) is 3.28. The number of nitrogens with zero attached hydrogens (tertiary/aromatic N) is 5. The Morgan fingerprint density at radius 2 is 1.94 bits per heavy atom. The summed E-state index contributed by atoms with van der Waals surface area (Å²) in [4.78, 5) is 14.4. The Hall–Kier alpha value is -4.03. The number of phenols is 1. The monoisotopic (exact) mass is 434 g/mol. The lowest BCUT2D eigenvalue weighted by molar-refractivity contribution is 0.433. The van der Waals surface area contributed by atoms with Crippen LogP contribution in [0.4, 0.5) is 20.4 Å². The second-order valence-corrected chi connectivity index (χ2v) is 7.26. The van der Waals surface area contributed by atoms with Crippen molar-refractivity contribution in [1.82, 2.24) is 14.4 Å². The van der Waals surface area contributed by atoms with E-state index < -0.39 is 17.4 Å². The molecule has 162 valence electrons. The van der Waals surface area contributed by atoms with Gasteiger partial charge in [-0.25, -0.2) is 23.6 Å². The van der Waals surface area contributed by atoms with Crippen LogP contribution in [0.5, 0.6) is 5.75 Å². The lowest BCUT2D eigenvalue weighted by atomic mass is 9.99. The number of hydrogen-bond acceptors (Lipinski definition) is 5. The van der Waals surface area contributed by atoms with Crippen LogP contribution in [0.3, 0.4) is 0 Å². The molecule has 0 unspecified atom stereocenters. The SMILES string of the molecule is [C-]#[N+]c1ccc(-c2nc(N(C)CCCN)n3ccnc3c2-c2ccc(F)c(O)c2)cc1F. The number of benzene rings is 2. The third-order valence-corrected chi connectivity index (χ3v) is 5.14. The summed E-state index contributed by atoms with van der Waals surface area (Å²) >= 11 is 0. The molecule has 9 heteroatoms. The molecule has 0 aliphatic heterocycles. The highest BCUT2D eigenvalue weighted by Crippen LogP contribution is 2.38. The lowest BCUT2D eigenvalue weighted by Gasteiger charge is -2.22. The zero-order valence-electron chi connectivity index (χ0n) is 17.3. The molecule has 2 heterocycles. The number of rotatable bonds is 6. The summed E-state index contributed by atoms with van der Waals surface area (Å²) in [6.45, 7) is 8.25. The molecule has 2 aromatic heterocycles. The van der Waals surface area contributed by atoms with E-state index in [-0.39, 0.29) is 5.69 Å². The van der Waals surface area contributed by atoms with Crippen molar-refractivity contribution in [1.29, 1.82) is 0 Å². The quantitative estimate of drug-likeness (QED) is 0.440. The van der Waals surface area contributed by atoms with E-state index in [1.165, 1.54) is 24.3 Å². The Labute approximate surface area is 183 Å². The van der Waals surface area contributed by atoms with Gasteiger partial charge in [0.1, 0.15) is 11.5 Å². The van der Waals surface area contributed by atoms with E-state index in [1.807, 2.05) is 11.9 Å². The molecule has 7 nitrogen and oxygen atoms in total. The molecule has 0 spiro atoms. The summed E-state index contributed by atoms with van der Waals surface area (Å²) in [5.74, 6) is -1.39. The van der Waals surface area contributed by atoms with Crippen LogP contribution in [-0.4, -0.2) is 39.6 Å². The van der Waals surface area contributed by atoms with Crippen molar-refractivity contribution in [2.24, 2.45) is 5.73 Å². The van der Waals surface area contributed by atoms with E-state index in [0.29, 0.717) is 47.1 Å². The van der Waals surface area contributed by atoms with Crippen LogP contribution in [-0.2, 0) is 0 Å². The Bertz CT molecular complexity index is 1340. The van der Waals surface area contributed by atoms with Crippen LogP contribution >= 0.6 is 0 Å². The van der Waals surface area contributed by atoms with Gasteiger partial charge in [0.2, 0.25) is 11.6 Å². The molecule has 32 heavy (non-hydrogen) atoms. The number of anilines is 1. The van der Waals surface area contributed by atoms with Gasteiger partial charge in [0.05, 0.1) is 17.8 Å². The standard InChI is InChI=1S/C23H20F2N6O/c1-27-18-7-5-15(12-17(18)25)21-20(14-4-6-16(24)19(32)13-14)22-28-9-11-31(22)23(29-21)30(2)10-3-8-26/h4-7,9,11-13,32H,3,8,10,26H2,2H3. The maximum Gasteiger partial charge on any atom is 0.222 e. The molecule has 0 bridgehead atoms. The van der Waals surface area contributed by atoms with Gasteiger partial charge in [0.15, 0.2) is 11.6 Å². The number of fused-ring (bicyclic) bond motifs is 1. The molecule has 0 aliphatic rings. The smallest absolute Gasteiger partial charge is 0.222 e. The number of phenolic OH excluding ortho intramolecular Hbond substituents is 1. The van der Waals surface area contributed by atoms with E-state index in [2.05, 4.69) is 9.83 Å². The third kappa shape index (κ3) is 3.72. The van der Waals surface area contributed by atoms with Crippen LogP contribution < -0.4 is 10.6 Å². The first-order chi connectivity index (χ1) is 15.4. The van der Waals surface area contributed by atoms with Crippen molar-refractivity contribution in [2.75, 3.05) is 25.0 Å². The molecule has 0 aliphatic carbocycles. The Morgan fingerprint density at radius 1 is 1.16 bits per heavy atom. The molecule has 0 atom stereocenters. The maximum atomic E-state index is 14.5. The number of imidazole rings is 1. The molecule has 4 rings (SSSR count). The molecule has 3 N–H and O–H groups in total. The van der Waals surface area contributed by atoms with Crippen molar-refractivity contribution in [3.05, 3.63) is 71.8 Å². The van der Waals surface area contributed by atoms with Crippen molar-refractivity contribution in [2.45, 2.75) is 6.42 Å². The van der Waals surface area contributed by atoms with Gasteiger partial charge in [-0.15, -0.1) is 0 Å². The number of halogens is 2. The second kappa shape index (κ2) is 8.61. The van der Waals surface area contributed by atoms with Crippen LogP contribution in [0.15, 0.2) is 48.8 Å². The summed E-state index contributed by atoms with van der Waals surface area (Å²) in [5.41, 5.74) is 7.83. The van der Waals surface area contributed by atoms with Crippen LogP contribution in [0.1, 0.15) is 6.42 Å². The second-order valence-electron chi connectivity index (χ2n) is 7.26. The van der Waals surface area contributed by atoms with E-state index in [9.17, 15) is 13.9 Å². The fourth-order valence-corrected chi connectivity index (χ4v) is 3.55. The summed E-state index contributed by atoms with van der Waals surface area (Å²) < 4.78 is 30.0. The van der Waals surface area contributed by atoms with Crippen molar-refractivity contribution >= 4 is 17.3 Å². The topological polar surface area (TPSA) is 84.0 Å². The summed E-state index contributed by atoms with van der Waals surface area (Å²) in [6.07, 6.45) is 4.10. The molecule has 4 aromatic rings. The third-order valence-electron chi connectivity index (χ3n) is 5.14. The Balaban J connectivity index is 2.03. The number of aromatic hydroxyl groups is 1. The zero-order chi connectivity index (χ0) is 22.8. The molecule has 0 saturated heterocycles. The molecular formula is C23H20F2N6O. The minimum atomic E-state index is -0.756. The van der Waals surface area contributed by atoms with Gasteiger partial charge >= 0.3 is 0 Å². The zero-order valence-corrected chi connectivity index (χ0v) is 17.3. The van der Waals surface area contributed by atoms with Gasteiger partial charge in [-0.05, 0) is 36.7 Å². The van der Waals surface area contributed by atoms with E-state index in [0.717, 1.165) is 12.5 Å². The first-order valence-electron chi connectivity index (χ1n) is 9.89. The molecular weight excluding hydrogens is 414 g/mol. The largest absolute Gasteiger partial charge is 0.505 e. The molecule has 0 amide bonds. The summed E-state index contributed by atoms with van der Waals surface area (Å²) in [6, 6.07) is 8.18. The van der Waals surface area contributed by atoms with E-state index in [1.54, 1.807) is 22.9 Å². The minimum absolute atomic E-state index is 0.100. The van der Waals surface area contributed by atoms with E-state index >= 15 is 0 Å².